The maximum absolute atomic E-state index is 14.3. The molecule has 6 aromatic rings. The van der Waals surface area contributed by atoms with E-state index in [9.17, 15) is 9.50 Å². The second-order valence-corrected chi connectivity index (χ2v) is 11.4. The summed E-state index contributed by atoms with van der Waals surface area (Å²) in [5, 5.41) is 22.2. The highest BCUT2D eigenvalue weighted by atomic mass is 19.1. The molecule has 9 heteroatoms. The van der Waals surface area contributed by atoms with Gasteiger partial charge in [-0.2, -0.15) is 5.10 Å². The Bertz CT molecular complexity index is 1870. The Morgan fingerprint density at radius 3 is 2.66 bits per heavy atom. The number of methoxy groups -OCH3 is 1. The van der Waals surface area contributed by atoms with Gasteiger partial charge in [-0.3, -0.25) is 10.1 Å². The van der Waals surface area contributed by atoms with E-state index in [0.717, 1.165) is 44.5 Å². The van der Waals surface area contributed by atoms with Gasteiger partial charge in [-0.1, -0.05) is 32.9 Å². The third-order valence-corrected chi connectivity index (χ3v) is 6.92. The summed E-state index contributed by atoms with van der Waals surface area (Å²) >= 11 is 0. The maximum Gasteiger partial charge on any atom is 0.135 e. The molecule has 1 atom stereocenters. The molecule has 41 heavy (non-hydrogen) atoms. The van der Waals surface area contributed by atoms with Gasteiger partial charge in [0, 0.05) is 28.7 Å². The van der Waals surface area contributed by atoms with Gasteiger partial charge in [0.1, 0.15) is 29.0 Å². The largest absolute Gasteiger partial charge is 0.497 e. The number of aliphatic hydroxyl groups is 1. The first kappa shape index (κ1) is 26.5. The maximum atomic E-state index is 14.3. The van der Waals surface area contributed by atoms with Crippen LogP contribution in [0.25, 0.3) is 55.7 Å². The molecule has 0 aliphatic carbocycles. The first-order valence-electron chi connectivity index (χ1n) is 13.4. The van der Waals surface area contributed by atoms with E-state index in [1.165, 1.54) is 19.2 Å². The zero-order valence-corrected chi connectivity index (χ0v) is 23.3. The fraction of sp³-hybridized carbons (Fsp3) is 0.219. The minimum atomic E-state index is -0.691. The van der Waals surface area contributed by atoms with Gasteiger partial charge in [-0.05, 0) is 65.4 Å². The standard InChI is InChI=1S/C32H31FN6O2/c1-32(2,3)15-29(40)35-21-11-19(16-34-17-21)25-8-9-27-30(37-25)31(39-38-27)28-14-24-23(6-5-7-26(24)36-28)18-10-20(33)13-22(12-18)41-4/h5-14,16-17,29,35-36,40H,15H2,1-4H3,(H,38,39). The third kappa shape index (κ3) is 5.49. The highest BCUT2D eigenvalue weighted by Crippen LogP contribution is 2.36. The molecule has 0 spiro atoms. The molecule has 2 aromatic carbocycles. The molecule has 0 saturated carbocycles. The molecule has 8 nitrogen and oxygen atoms in total. The summed E-state index contributed by atoms with van der Waals surface area (Å²) in [5.74, 6) is 0.0971. The summed E-state index contributed by atoms with van der Waals surface area (Å²) in [5.41, 5.74) is 7.67. The Hall–Kier alpha value is -4.76. The number of halogens is 1. The minimum absolute atomic E-state index is 0.0186. The van der Waals surface area contributed by atoms with Gasteiger partial charge >= 0.3 is 0 Å². The molecular weight excluding hydrogens is 519 g/mol. The number of H-pyrrole nitrogens is 2. The van der Waals surface area contributed by atoms with Crippen molar-refractivity contribution in [2.75, 3.05) is 12.4 Å². The van der Waals surface area contributed by atoms with Crippen LogP contribution in [0.5, 0.6) is 5.75 Å². The van der Waals surface area contributed by atoms with Crippen LogP contribution >= 0.6 is 0 Å². The molecule has 0 fully saturated rings. The van der Waals surface area contributed by atoms with E-state index in [1.807, 2.05) is 48.5 Å². The Morgan fingerprint density at radius 2 is 1.85 bits per heavy atom. The normalized spacial score (nSPS) is 12.6. The summed E-state index contributed by atoms with van der Waals surface area (Å²) in [6.07, 6.45) is 3.34. The number of hydrogen-bond donors (Lipinski definition) is 4. The molecule has 4 aromatic heterocycles. The van der Waals surface area contributed by atoms with E-state index >= 15 is 0 Å². The quantitative estimate of drug-likeness (QED) is 0.157. The van der Waals surface area contributed by atoms with Crippen LogP contribution in [0.1, 0.15) is 27.2 Å². The Morgan fingerprint density at radius 1 is 1.00 bits per heavy atom. The molecule has 208 valence electrons. The van der Waals surface area contributed by atoms with Crippen molar-refractivity contribution in [3.05, 3.63) is 78.9 Å². The van der Waals surface area contributed by atoms with Crippen molar-refractivity contribution in [1.29, 1.82) is 0 Å². The Kier molecular flexibility index (Phi) is 6.67. The van der Waals surface area contributed by atoms with Crippen LogP contribution in [0.15, 0.2) is 73.1 Å². The molecular formula is C32H31FN6O2. The first-order chi connectivity index (χ1) is 19.7. The van der Waals surface area contributed by atoms with Gasteiger partial charge in [0.2, 0.25) is 0 Å². The number of aliphatic hydroxyl groups excluding tert-OH is 1. The number of pyridine rings is 2. The highest BCUT2D eigenvalue weighted by Gasteiger charge is 2.18. The average Bonchev–Trinajstić information content (AvgIpc) is 3.55. The topological polar surface area (TPSA) is 112 Å². The zero-order chi connectivity index (χ0) is 28.7. The molecule has 0 aliphatic heterocycles. The summed E-state index contributed by atoms with van der Waals surface area (Å²) in [6, 6.07) is 18.3. The number of rotatable bonds is 7. The molecule has 0 amide bonds. The van der Waals surface area contributed by atoms with Crippen LogP contribution in [-0.4, -0.2) is 43.6 Å². The predicted molar refractivity (Wildman–Crippen MR) is 160 cm³/mol. The molecule has 4 heterocycles. The lowest BCUT2D eigenvalue weighted by molar-refractivity contribution is 0.145. The van der Waals surface area contributed by atoms with Crippen molar-refractivity contribution >= 4 is 27.6 Å². The lowest BCUT2D eigenvalue weighted by atomic mass is 9.91. The molecule has 4 N–H and O–H groups in total. The summed E-state index contributed by atoms with van der Waals surface area (Å²) in [7, 11) is 1.52. The fourth-order valence-corrected chi connectivity index (χ4v) is 5.10. The van der Waals surface area contributed by atoms with Crippen molar-refractivity contribution in [2.45, 2.75) is 33.4 Å². The number of anilines is 1. The number of nitrogens with zero attached hydrogens (tertiary/aromatic N) is 3. The lowest BCUT2D eigenvalue weighted by Crippen LogP contribution is -2.25. The van der Waals surface area contributed by atoms with Crippen LogP contribution < -0.4 is 10.1 Å². The average molecular weight is 551 g/mol. The molecule has 6 rings (SSSR count). The molecule has 0 saturated heterocycles. The zero-order valence-electron chi connectivity index (χ0n) is 23.3. The van der Waals surface area contributed by atoms with Gasteiger partial charge in [0.15, 0.2) is 0 Å². The fourth-order valence-electron chi connectivity index (χ4n) is 5.10. The number of hydrogen-bond acceptors (Lipinski definition) is 6. The second-order valence-electron chi connectivity index (χ2n) is 11.4. The molecule has 0 bridgehead atoms. The van der Waals surface area contributed by atoms with Gasteiger partial charge in [-0.15, -0.1) is 0 Å². The third-order valence-electron chi connectivity index (χ3n) is 6.92. The number of fused-ring (bicyclic) bond motifs is 2. The first-order valence-corrected chi connectivity index (χ1v) is 13.4. The summed E-state index contributed by atoms with van der Waals surface area (Å²) in [4.78, 5) is 12.8. The number of aromatic nitrogens is 5. The van der Waals surface area contributed by atoms with E-state index in [2.05, 4.69) is 46.3 Å². The van der Waals surface area contributed by atoms with E-state index in [1.54, 1.807) is 12.4 Å². The predicted octanol–water partition coefficient (Wildman–Crippen LogP) is 7.15. The minimum Gasteiger partial charge on any atom is -0.497 e. The van der Waals surface area contributed by atoms with Gasteiger partial charge in [0.05, 0.1) is 35.9 Å². The van der Waals surface area contributed by atoms with Gasteiger partial charge in [-0.25, -0.2) is 9.37 Å². The SMILES string of the molecule is COc1cc(F)cc(-c2cccc3[nH]c(-c4n[nH]c5ccc(-c6cncc(NC(O)CC(C)(C)C)c6)nc45)cc23)c1. The van der Waals surface area contributed by atoms with Crippen LogP contribution in [0, 0.1) is 11.2 Å². The number of ether oxygens (including phenoxy) is 1. The van der Waals surface area contributed by atoms with Crippen molar-refractivity contribution < 1.29 is 14.2 Å². The van der Waals surface area contributed by atoms with Crippen LogP contribution in [-0.2, 0) is 0 Å². The van der Waals surface area contributed by atoms with Crippen LogP contribution in [0.3, 0.4) is 0 Å². The van der Waals surface area contributed by atoms with Crippen molar-refractivity contribution in [1.82, 2.24) is 25.1 Å². The number of aromatic amines is 2. The van der Waals surface area contributed by atoms with E-state index in [0.29, 0.717) is 29.1 Å². The van der Waals surface area contributed by atoms with Crippen LogP contribution in [0.4, 0.5) is 10.1 Å². The van der Waals surface area contributed by atoms with Crippen molar-refractivity contribution in [3.8, 4) is 39.5 Å². The van der Waals surface area contributed by atoms with Crippen molar-refractivity contribution in [3.63, 3.8) is 0 Å². The second kappa shape index (κ2) is 10.3. The lowest BCUT2D eigenvalue weighted by Gasteiger charge is -2.23. The van der Waals surface area contributed by atoms with Crippen molar-refractivity contribution in [2.24, 2.45) is 5.41 Å². The summed E-state index contributed by atoms with van der Waals surface area (Å²) in [6.45, 7) is 6.25. The molecule has 1 unspecified atom stereocenters. The van der Waals surface area contributed by atoms with E-state index < -0.39 is 6.23 Å². The Balaban J connectivity index is 1.37. The smallest absolute Gasteiger partial charge is 0.135 e. The Labute approximate surface area is 236 Å². The van der Waals surface area contributed by atoms with Gasteiger partial charge < -0.3 is 20.1 Å². The number of benzene rings is 2. The highest BCUT2D eigenvalue weighted by molar-refractivity contribution is 6.00. The monoisotopic (exact) mass is 550 g/mol. The summed E-state index contributed by atoms with van der Waals surface area (Å²) < 4.78 is 19.6. The van der Waals surface area contributed by atoms with E-state index in [-0.39, 0.29) is 11.2 Å². The van der Waals surface area contributed by atoms with Gasteiger partial charge in [0.25, 0.3) is 0 Å². The molecule has 0 aliphatic rings. The molecule has 0 radical (unpaired) electrons. The number of nitrogens with one attached hydrogen (secondary N) is 3. The van der Waals surface area contributed by atoms with E-state index in [4.69, 9.17) is 9.72 Å². The van der Waals surface area contributed by atoms with Crippen LogP contribution in [0.2, 0.25) is 0 Å².